The Morgan fingerprint density at radius 1 is 1.24 bits per heavy atom. The van der Waals surface area contributed by atoms with E-state index in [2.05, 4.69) is 32.1 Å². The minimum atomic E-state index is -0.285. The van der Waals surface area contributed by atoms with Crippen molar-refractivity contribution in [3.63, 3.8) is 0 Å². The largest absolute Gasteiger partial charge is 0.330 e. The van der Waals surface area contributed by atoms with E-state index in [0.717, 1.165) is 4.47 Å². The van der Waals surface area contributed by atoms with Crippen molar-refractivity contribution >= 4 is 79.4 Å². The zero-order chi connectivity index (χ0) is 15.4. The predicted octanol–water partition coefficient (Wildman–Crippen LogP) is 4.45. The van der Waals surface area contributed by atoms with E-state index in [1.807, 2.05) is 5.38 Å². The van der Waals surface area contributed by atoms with Gasteiger partial charge in [-0.15, -0.1) is 11.3 Å². The lowest BCUT2D eigenvalue weighted by Gasteiger charge is -2.12. The van der Waals surface area contributed by atoms with Crippen molar-refractivity contribution in [1.82, 2.24) is 10.9 Å². The molecule has 0 aliphatic rings. The number of amides is 1. The molecule has 1 heterocycles. The molecule has 110 valence electrons. The van der Waals surface area contributed by atoms with Crippen molar-refractivity contribution in [2.45, 2.75) is 0 Å². The summed E-state index contributed by atoms with van der Waals surface area (Å²) < 4.78 is 0.851. The fraction of sp³-hybridized carbons (Fsp3) is 0. The number of nitrogens with one attached hydrogen (secondary N) is 3. The third kappa shape index (κ3) is 4.82. The van der Waals surface area contributed by atoms with Gasteiger partial charge in [0.25, 0.3) is 5.91 Å². The summed E-state index contributed by atoms with van der Waals surface area (Å²) >= 11 is 21.5. The summed E-state index contributed by atoms with van der Waals surface area (Å²) in [6.45, 7) is 0. The minimum Gasteiger partial charge on any atom is -0.330 e. The van der Waals surface area contributed by atoms with Crippen molar-refractivity contribution in [2.75, 3.05) is 5.32 Å². The Balaban J connectivity index is 1.90. The zero-order valence-electron chi connectivity index (χ0n) is 10.2. The predicted molar refractivity (Wildman–Crippen MR) is 95.3 cm³/mol. The molecule has 0 aliphatic heterocycles. The number of carbonyl (C=O) groups is 1. The van der Waals surface area contributed by atoms with Crippen molar-refractivity contribution in [1.29, 1.82) is 0 Å². The van der Waals surface area contributed by atoms with Crippen molar-refractivity contribution < 1.29 is 4.79 Å². The van der Waals surface area contributed by atoms with Crippen molar-refractivity contribution in [2.24, 2.45) is 0 Å². The lowest BCUT2D eigenvalue weighted by atomic mass is 10.3. The Labute approximate surface area is 148 Å². The second kappa shape index (κ2) is 7.42. The van der Waals surface area contributed by atoms with Crippen LogP contribution >= 0.6 is 62.7 Å². The first-order valence-electron chi connectivity index (χ1n) is 5.52. The van der Waals surface area contributed by atoms with E-state index < -0.39 is 0 Å². The van der Waals surface area contributed by atoms with Crippen LogP contribution in [0.15, 0.2) is 34.1 Å². The standard InChI is InChI=1S/C12H8BrCl2N3OS2/c13-6-3-10(21-5-6)11(19)17-18-12(20)16-9-4-7(14)1-2-8(9)15/h1-5H,(H,17,19)(H2,16,18,20). The number of carbonyl (C=O) groups excluding carboxylic acids is 1. The van der Waals surface area contributed by atoms with Gasteiger partial charge in [-0.25, -0.2) is 0 Å². The van der Waals surface area contributed by atoms with E-state index in [1.54, 1.807) is 24.3 Å². The highest BCUT2D eigenvalue weighted by atomic mass is 79.9. The van der Waals surface area contributed by atoms with Crippen LogP contribution in [0.4, 0.5) is 5.69 Å². The smallest absolute Gasteiger partial charge is 0.279 e. The molecule has 1 aromatic heterocycles. The second-order valence-electron chi connectivity index (χ2n) is 3.79. The number of hydrogen-bond acceptors (Lipinski definition) is 3. The van der Waals surface area contributed by atoms with Crippen LogP contribution in [0.1, 0.15) is 9.67 Å². The van der Waals surface area contributed by atoms with Crippen LogP contribution < -0.4 is 16.2 Å². The van der Waals surface area contributed by atoms with Gasteiger partial charge in [0.15, 0.2) is 5.11 Å². The van der Waals surface area contributed by atoms with E-state index in [0.29, 0.717) is 20.6 Å². The molecule has 0 atom stereocenters. The van der Waals surface area contributed by atoms with E-state index in [9.17, 15) is 4.79 Å². The maximum Gasteiger partial charge on any atom is 0.279 e. The molecule has 1 aromatic carbocycles. The Morgan fingerprint density at radius 2 is 2.00 bits per heavy atom. The van der Waals surface area contributed by atoms with E-state index >= 15 is 0 Å². The summed E-state index contributed by atoms with van der Waals surface area (Å²) in [5.41, 5.74) is 5.63. The maximum atomic E-state index is 11.8. The van der Waals surface area contributed by atoms with Gasteiger partial charge in [0, 0.05) is 14.9 Å². The molecule has 0 saturated heterocycles. The topological polar surface area (TPSA) is 53.2 Å². The molecule has 4 nitrogen and oxygen atoms in total. The van der Waals surface area contributed by atoms with Gasteiger partial charge in [-0.2, -0.15) is 0 Å². The molecule has 9 heteroatoms. The average molecular weight is 425 g/mol. The number of thiocarbonyl (C=S) groups is 1. The first-order chi connectivity index (χ1) is 9.95. The monoisotopic (exact) mass is 423 g/mol. The Morgan fingerprint density at radius 3 is 2.67 bits per heavy atom. The lowest BCUT2D eigenvalue weighted by molar-refractivity contribution is 0.0948. The van der Waals surface area contributed by atoms with E-state index in [-0.39, 0.29) is 11.0 Å². The van der Waals surface area contributed by atoms with Gasteiger partial charge in [-0.05, 0) is 52.4 Å². The van der Waals surface area contributed by atoms with Crippen LogP contribution in [0.25, 0.3) is 0 Å². The first-order valence-corrected chi connectivity index (χ1v) is 8.36. The molecular formula is C12H8BrCl2N3OS2. The van der Waals surface area contributed by atoms with Crippen molar-refractivity contribution in [3.8, 4) is 0 Å². The number of hydrazine groups is 1. The van der Waals surface area contributed by atoms with E-state index in [4.69, 9.17) is 35.4 Å². The summed E-state index contributed by atoms with van der Waals surface area (Å²) in [6, 6.07) is 6.67. The lowest BCUT2D eigenvalue weighted by Crippen LogP contribution is -2.43. The molecule has 21 heavy (non-hydrogen) atoms. The molecule has 2 rings (SSSR count). The second-order valence-corrected chi connectivity index (χ2v) is 6.87. The molecule has 0 bridgehead atoms. The summed E-state index contributed by atoms with van der Waals surface area (Å²) in [7, 11) is 0. The van der Waals surface area contributed by atoms with Crippen LogP contribution in [0.2, 0.25) is 10.0 Å². The third-order valence-electron chi connectivity index (χ3n) is 2.26. The fourth-order valence-electron chi connectivity index (χ4n) is 1.35. The summed E-state index contributed by atoms with van der Waals surface area (Å²) in [6.07, 6.45) is 0. The van der Waals surface area contributed by atoms with E-state index in [1.165, 1.54) is 11.3 Å². The van der Waals surface area contributed by atoms with Crippen LogP contribution in [-0.2, 0) is 0 Å². The maximum absolute atomic E-state index is 11.8. The van der Waals surface area contributed by atoms with Crippen LogP contribution in [0, 0.1) is 0 Å². The molecule has 2 aromatic rings. The number of hydrogen-bond donors (Lipinski definition) is 3. The SMILES string of the molecule is O=C(NNC(=S)Nc1cc(Cl)ccc1Cl)c1cc(Br)cs1. The van der Waals surface area contributed by atoms with Crippen LogP contribution in [0.5, 0.6) is 0 Å². The highest BCUT2D eigenvalue weighted by Crippen LogP contribution is 2.25. The van der Waals surface area contributed by atoms with Gasteiger partial charge in [-0.3, -0.25) is 15.6 Å². The molecule has 0 spiro atoms. The summed E-state index contributed by atoms with van der Waals surface area (Å²) in [4.78, 5) is 12.4. The highest BCUT2D eigenvalue weighted by molar-refractivity contribution is 9.10. The summed E-state index contributed by atoms with van der Waals surface area (Å²) in [5, 5.41) is 5.86. The number of thiophene rings is 1. The quantitative estimate of drug-likeness (QED) is 0.492. The molecule has 0 saturated carbocycles. The zero-order valence-corrected chi connectivity index (χ0v) is 15.0. The van der Waals surface area contributed by atoms with Gasteiger partial charge in [0.1, 0.15) is 0 Å². The minimum absolute atomic E-state index is 0.197. The summed E-state index contributed by atoms with van der Waals surface area (Å²) in [5.74, 6) is -0.285. The van der Waals surface area contributed by atoms with Gasteiger partial charge < -0.3 is 5.32 Å². The first kappa shape index (κ1) is 16.5. The van der Waals surface area contributed by atoms with Crippen LogP contribution in [0.3, 0.4) is 0 Å². The number of benzene rings is 1. The van der Waals surface area contributed by atoms with Crippen LogP contribution in [-0.4, -0.2) is 11.0 Å². The normalized spacial score (nSPS) is 10.0. The van der Waals surface area contributed by atoms with Gasteiger partial charge in [0.2, 0.25) is 0 Å². The molecule has 3 N–H and O–H groups in total. The number of halogens is 3. The third-order valence-corrected chi connectivity index (χ3v) is 4.72. The molecule has 0 radical (unpaired) electrons. The van der Waals surface area contributed by atoms with Crippen molar-refractivity contribution in [3.05, 3.63) is 49.0 Å². The molecule has 0 fully saturated rings. The Kier molecular flexibility index (Phi) is 5.83. The van der Waals surface area contributed by atoms with Gasteiger partial charge in [0.05, 0.1) is 15.6 Å². The number of anilines is 1. The molecule has 0 aliphatic carbocycles. The van der Waals surface area contributed by atoms with Gasteiger partial charge >= 0.3 is 0 Å². The Bertz CT molecular complexity index is 693. The Hall–Kier alpha value is -0.860. The molecule has 0 unspecified atom stereocenters. The number of rotatable bonds is 2. The molecular weight excluding hydrogens is 417 g/mol. The fourth-order valence-corrected chi connectivity index (χ4v) is 3.17. The average Bonchev–Trinajstić information content (AvgIpc) is 2.87. The van der Waals surface area contributed by atoms with Gasteiger partial charge in [-0.1, -0.05) is 23.2 Å². The molecule has 1 amide bonds. The highest BCUT2D eigenvalue weighted by Gasteiger charge is 2.09.